The minimum Gasteiger partial charge on any atom is -0.365 e. The van der Waals surface area contributed by atoms with Crippen LogP contribution < -0.4 is 5.73 Å². The van der Waals surface area contributed by atoms with Crippen LogP contribution in [-0.4, -0.2) is 15.7 Å². The molecule has 0 radical (unpaired) electrons. The Balaban J connectivity index is 2.16. The van der Waals surface area contributed by atoms with Crippen molar-refractivity contribution >= 4 is 5.91 Å². The molecule has 3 aromatic rings. The molecule has 0 aliphatic rings. The highest BCUT2D eigenvalue weighted by Crippen LogP contribution is 2.26. The summed E-state index contributed by atoms with van der Waals surface area (Å²) in [5.41, 5.74) is 9.50. The Hall–Kier alpha value is -2.88. The summed E-state index contributed by atoms with van der Waals surface area (Å²) < 4.78 is 1.71. The van der Waals surface area contributed by atoms with E-state index in [9.17, 15) is 4.79 Å². The van der Waals surface area contributed by atoms with Crippen molar-refractivity contribution in [2.24, 2.45) is 5.73 Å². The molecule has 1 heterocycles. The lowest BCUT2D eigenvalue weighted by atomic mass is 10.0. The molecule has 0 atom stereocenters. The number of nitrogens with zero attached hydrogens (tertiary/aromatic N) is 2. The minimum atomic E-state index is -0.462. The van der Waals surface area contributed by atoms with E-state index in [0.29, 0.717) is 11.3 Å². The van der Waals surface area contributed by atoms with Crippen LogP contribution in [0.15, 0.2) is 60.8 Å². The van der Waals surface area contributed by atoms with Crippen molar-refractivity contribution in [2.75, 3.05) is 0 Å². The first-order chi connectivity index (χ1) is 10.2. The van der Waals surface area contributed by atoms with Crippen LogP contribution in [0.5, 0.6) is 0 Å². The number of rotatable bonds is 3. The Morgan fingerprint density at radius 3 is 2.38 bits per heavy atom. The molecule has 2 N–H and O–H groups in total. The van der Waals surface area contributed by atoms with Crippen LogP contribution in [-0.2, 0) is 0 Å². The van der Waals surface area contributed by atoms with Crippen LogP contribution >= 0.6 is 0 Å². The summed E-state index contributed by atoms with van der Waals surface area (Å²) in [5, 5.41) is 4.40. The number of aromatic nitrogens is 2. The third kappa shape index (κ3) is 2.43. The summed E-state index contributed by atoms with van der Waals surface area (Å²) in [6.07, 6.45) is 1.68. The van der Waals surface area contributed by atoms with E-state index >= 15 is 0 Å². The van der Waals surface area contributed by atoms with Crippen molar-refractivity contribution in [3.8, 4) is 16.8 Å². The molecule has 2 aromatic carbocycles. The van der Waals surface area contributed by atoms with E-state index in [1.807, 2.05) is 54.6 Å². The van der Waals surface area contributed by atoms with Crippen molar-refractivity contribution < 1.29 is 4.79 Å². The minimum absolute atomic E-state index is 0.442. The number of amides is 1. The second kappa shape index (κ2) is 5.25. The van der Waals surface area contributed by atoms with E-state index in [1.54, 1.807) is 17.8 Å². The highest BCUT2D eigenvalue weighted by atomic mass is 16.1. The second-order valence-corrected chi connectivity index (χ2v) is 4.82. The standard InChI is InChI=1S/C17H15N3O/c1-12-15(17(18)21)11-20(19-12)16-10-6-5-9-14(16)13-7-3-2-4-8-13/h2-11H,1H3,(H2,18,21). The lowest BCUT2D eigenvalue weighted by Crippen LogP contribution is -2.11. The van der Waals surface area contributed by atoms with E-state index in [0.717, 1.165) is 16.8 Å². The van der Waals surface area contributed by atoms with Gasteiger partial charge in [0, 0.05) is 11.8 Å². The number of carbonyl (C=O) groups excluding carboxylic acids is 1. The van der Waals surface area contributed by atoms with Crippen LogP contribution in [0.25, 0.3) is 16.8 Å². The van der Waals surface area contributed by atoms with E-state index < -0.39 is 5.91 Å². The Bertz CT molecular complexity index is 791. The fourth-order valence-electron chi connectivity index (χ4n) is 2.36. The van der Waals surface area contributed by atoms with Gasteiger partial charge in [-0.2, -0.15) is 5.10 Å². The fourth-order valence-corrected chi connectivity index (χ4v) is 2.36. The first kappa shape index (κ1) is 13.1. The first-order valence-electron chi connectivity index (χ1n) is 6.67. The monoisotopic (exact) mass is 277 g/mol. The fraction of sp³-hybridized carbons (Fsp3) is 0.0588. The zero-order valence-electron chi connectivity index (χ0n) is 11.7. The number of carbonyl (C=O) groups is 1. The largest absolute Gasteiger partial charge is 0.365 e. The summed E-state index contributed by atoms with van der Waals surface area (Å²) in [6.45, 7) is 1.78. The zero-order valence-corrected chi connectivity index (χ0v) is 11.7. The Kier molecular flexibility index (Phi) is 3.28. The van der Waals surface area contributed by atoms with Crippen LogP contribution in [0.1, 0.15) is 16.1 Å². The van der Waals surface area contributed by atoms with Gasteiger partial charge in [-0.05, 0) is 18.6 Å². The average molecular weight is 277 g/mol. The maximum atomic E-state index is 11.4. The van der Waals surface area contributed by atoms with Gasteiger partial charge in [-0.15, -0.1) is 0 Å². The van der Waals surface area contributed by atoms with Crippen LogP contribution in [0.2, 0.25) is 0 Å². The van der Waals surface area contributed by atoms with E-state index in [4.69, 9.17) is 5.73 Å². The van der Waals surface area contributed by atoms with Crippen LogP contribution in [0.4, 0.5) is 0 Å². The molecular weight excluding hydrogens is 262 g/mol. The number of benzene rings is 2. The SMILES string of the molecule is Cc1nn(-c2ccccc2-c2ccccc2)cc1C(N)=O. The molecule has 0 bridgehead atoms. The van der Waals surface area contributed by atoms with Crippen molar-refractivity contribution in [1.29, 1.82) is 0 Å². The molecule has 0 aliphatic carbocycles. The molecule has 1 amide bonds. The first-order valence-corrected chi connectivity index (χ1v) is 6.67. The smallest absolute Gasteiger partial charge is 0.252 e. The van der Waals surface area contributed by atoms with Crippen molar-refractivity contribution in [3.63, 3.8) is 0 Å². The predicted molar refractivity (Wildman–Crippen MR) is 82.3 cm³/mol. The number of para-hydroxylation sites is 1. The van der Waals surface area contributed by atoms with Gasteiger partial charge in [0.1, 0.15) is 0 Å². The molecule has 3 rings (SSSR count). The average Bonchev–Trinajstić information content (AvgIpc) is 2.90. The summed E-state index contributed by atoms with van der Waals surface area (Å²) in [5.74, 6) is -0.462. The van der Waals surface area contributed by atoms with Gasteiger partial charge in [-0.1, -0.05) is 48.5 Å². The van der Waals surface area contributed by atoms with Gasteiger partial charge in [-0.3, -0.25) is 4.79 Å². The molecule has 0 saturated heterocycles. The Morgan fingerprint density at radius 1 is 1.05 bits per heavy atom. The number of primary amides is 1. The Morgan fingerprint density at radius 2 is 1.71 bits per heavy atom. The van der Waals surface area contributed by atoms with E-state index in [1.165, 1.54) is 0 Å². The van der Waals surface area contributed by atoms with Gasteiger partial charge < -0.3 is 5.73 Å². The normalized spacial score (nSPS) is 10.5. The second-order valence-electron chi connectivity index (χ2n) is 4.82. The van der Waals surface area contributed by atoms with Gasteiger partial charge in [0.2, 0.25) is 0 Å². The van der Waals surface area contributed by atoms with Crippen molar-refractivity contribution in [1.82, 2.24) is 9.78 Å². The lowest BCUT2D eigenvalue weighted by Gasteiger charge is -2.09. The molecule has 21 heavy (non-hydrogen) atoms. The number of hydrogen-bond acceptors (Lipinski definition) is 2. The quantitative estimate of drug-likeness (QED) is 0.800. The van der Waals surface area contributed by atoms with Gasteiger partial charge >= 0.3 is 0 Å². The highest BCUT2D eigenvalue weighted by Gasteiger charge is 2.13. The Labute approximate surface area is 122 Å². The number of aryl methyl sites for hydroxylation is 1. The molecule has 0 fully saturated rings. The van der Waals surface area contributed by atoms with Crippen molar-refractivity contribution in [2.45, 2.75) is 6.92 Å². The zero-order chi connectivity index (χ0) is 14.8. The summed E-state index contributed by atoms with van der Waals surface area (Å²) >= 11 is 0. The molecule has 0 saturated carbocycles. The maximum Gasteiger partial charge on any atom is 0.252 e. The van der Waals surface area contributed by atoms with E-state index in [2.05, 4.69) is 5.10 Å². The highest BCUT2D eigenvalue weighted by molar-refractivity contribution is 5.93. The van der Waals surface area contributed by atoms with Crippen LogP contribution in [0, 0.1) is 6.92 Å². The lowest BCUT2D eigenvalue weighted by molar-refractivity contribution is 0.0999. The van der Waals surface area contributed by atoms with E-state index in [-0.39, 0.29) is 0 Å². The molecule has 104 valence electrons. The molecule has 4 heteroatoms. The number of hydrogen-bond donors (Lipinski definition) is 1. The van der Waals surface area contributed by atoms with Gasteiger partial charge in [0.15, 0.2) is 0 Å². The third-order valence-electron chi connectivity index (χ3n) is 3.40. The molecular formula is C17H15N3O. The molecule has 0 spiro atoms. The predicted octanol–water partition coefficient (Wildman–Crippen LogP) is 2.95. The molecule has 1 aromatic heterocycles. The molecule has 4 nitrogen and oxygen atoms in total. The summed E-state index contributed by atoms with van der Waals surface area (Å²) in [6, 6.07) is 18.0. The topological polar surface area (TPSA) is 60.9 Å². The maximum absolute atomic E-state index is 11.4. The van der Waals surface area contributed by atoms with Crippen molar-refractivity contribution in [3.05, 3.63) is 72.1 Å². The van der Waals surface area contributed by atoms with Gasteiger partial charge in [0.25, 0.3) is 5.91 Å². The van der Waals surface area contributed by atoms with Gasteiger partial charge in [-0.25, -0.2) is 4.68 Å². The molecule has 0 aliphatic heterocycles. The molecule has 0 unspecified atom stereocenters. The van der Waals surface area contributed by atoms with Crippen LogP contribution in [0.3, 0.4) is 0 Å². The summed E-state index contributed by atoms with van der Waals surface area (Å²) in [4.78, 5) is 11.4. The van der Waals surface area contributed by atoms with Gasteiger partial charge in [0.05, 0.1) is 16.9 Å². The summed E-state index contributed by atoms with van der Waals surface area (Å²) in [7, 11) is 0. The third-order valence-corrected chi connectivity index (χ3v) is 3.40. The number of nitrogens with two attached hydrogens (primary N) is 1.